The summed E-state index contributed by atoms with van der Waals surface area (Å²) in [5.41, 5.74) is 6.44. The molecule has 35 nitrogen and oxygen atoms in total. The summed E-state index contributed by atoms with van der Waals surface area (Å²) in [5.74, 6) is -12.0. The van der Waals surface area contributed by atoms with Crippen molar-refractivity contribution in [2.75, 3.05) is 123 Å². The summed E-state index contributed by atoms with van der Waals surface area (Å²) >= 11 is 6.56. The number of pyridine rings is 7. The van der Waals surface area contributed by atoms with E-state index in [0.29, 0.717) is 132 Å². The van der Waals surface area contributed by atoms with Crippen molar-refractivity contribution < 1.29 is 107 Å². The van der Waals surface area contributed by atoms with Gasteiger partial charge in [0.1, 0.15) is 69.6 Å². The number of rotatable bonds is 18. The maximum atomic E-state index is 15.3. The van der Waals surface area contributed by atoms with Gasteiger partial charge in [-0.15, -0.1) is 24.8 Å². The molecule has 4 saturated carbocycles. The van der Waals surface area contributed by atoms with E-state index < -0.39 is 139 Å². The Bertz CT molecular complexity index is 7210. The minimum Gasteiger partial charge on any atom is -0.492 e. The van der Waals surface area contributed by atoms with Crippen molar-refractivity contribution in [2.45, 2.75) is 140 Å². The first-order chi connectivity index (χ1) is 67.2. The van der Waals surface area contributed by atoms with Crippen molar-refractivity contribution in [3.63, 3.8) is 0 Å². The second-order valence-corrected chi connectivity index (χ2v) is 36.5. The van der Waals surface area contributed by atoms with E-state index in [2.05, 4.69) is 25.9 Å². The van der Waals surface area contributed by atoms with Gasteiger partial charge in [-0.2, -0.15) is 8.78 Å². The zero-order valence-electron chi connectivity index (χ0n) is 76.9. The maximum absolute atomic E-state index is 15.3. The summed E-state index contributed by atoms with van der Waals surface area (Å²) in [5, 5.41) is 55.7. The first kappa shape index (κ1) is 104. The largest absolute Gasteiger partial charge is 0.492 e. The summed E-state index contributed by atoms with van der Waals surface area (Å²) < 4.78 is 173. The summed E-state index contributed by atoms with van der Waals surface area (Å²) in [7, 11) is 1.48. The van der Waals surface area contributed by atoms with Gasteiger partial charge in [-0.25, -0.2) is 69.1 Å². The highest BCUT2D eigenvalue weighted by Gasteiger charge is 2.55. The lowest BCUT2D eigenvalue weighted by molar-refractivity contribution is -0.0489. The van der Waals surface area contributed by atoms with E-state index in [1.54, 1.807) is 23.8 Å². The van der Waals surface area contributed by atoms with Crippen LogP contribution in [0, 0.1) is 52.1 Å². The molecule has 7 aromatic heterocycles. The van der Waals surface area contributed by atoms with Gasteiger partial charge in [0.05, 0.1) is 73.0 Å². The van der Waals surface area contributed by atoms with Gasteiger partial charge < -0.3 is 110 Å². The molecule has 10 fully saturated rings. The zero-order chi connectivity index (χ0) is 101. The minimum absolute atomic E-state index is 0. The molecule has 49 heteroatoms. The number of methoxy groups -OCH3 is 1. The third-order valence-corrected chi connectivity index (χ3v) is 27.3. The lowest BCUT2D eigenvalue weighted by Gasteiger charge is -2.35. The molecular weight excluding hydrogens is 1970 g/mol. The highest BCUT2D eigenvalue weighted by molar-refractivity contribution is 7.74. The number of anilines is 5. The predicted octanol–water partition coefficient (Wildman–Crippen LogP) is 11.6. The van der Waals surface area contributed by atoms with Crippen LogP contribution in [-0.4, -0.2) is 230 Å². The Labute approximate surface area is 822 Å². The molecule has 0 radical (unpaired) electrons. The van der Waals surface area contributed by atoms with E-state index in [9.17, 15) is 99.1 Å². The molecule has 6 aliphatic heterocycles. The second kappa shape index (κ2) is 42.6. The second-order valence-electron chi connectivity index (χ2n) is 36.1. The molecule has 11 aromatic rings. The van der Waals surface area contributed by atoms with E-state index in [4.69, 9.17) is 43.3 Å². The van der Waals surface area contributed by atoms with Crippen LogP contribution in [0.5, 0.6) is 11.5 Å². The molecule has 13 heterocycles. The third-order valence-electron chi connectivity index (χ3n) is 26.9. The van der Waals surface area contributed by atoms with Gasteiger partial charge in [0.2, 0.25) is 27.1 Å². The fourth-order valence-corrected chi connectivity index (χ4v) is 19.9. The number of aromatic nitrogens is 7. The third kappa shape index (κ3) is 20.6. The summed E-state index contributed by atoms with van der Waals surface area (Å²) in [6.07, 6.45) is 12.8. The number of benzene rings is 4. The minimum atomic E-state index is -3.24. The fourth-order valence-electron chi connectivity index (χ4n) is 19.4. The number of aryl methyl sites for hydroxylation is 1. The highest BCUT2D eigenvalue weighted by Crippen LogP contribution is 2.55. The van der Waals surface area contributed by atoms with Crippen LogP contribution in [0.15, 0.2) is 103 Å². The number of halogens is 13. The molecule has 10 aliphatic rings. The molecule has 7 atom stereocenters. The number of nitrogens with two attached hydrogens (primary N) is 2. The first-order valence-corrected chi connectivity index (χ1v) is 45.8. The van der Waals surface area contributed by atoms with Crippen LogP contribution in [0.1, 0.15) is 148 Å². The highest BCUT2D eigenvalue weighted by atomic mass is 35.5. The van der Waals surface area contributed by atoms with Crippen LogP contribution < -0.4 is 88.5 Å². The molecule has 0 amide bonds. The topological polar surface area (TPSA) is 465 Å². The van der Waals surface area contributed by atoms with Crippen molar-refractivity contribution in [3.05, 3.63) is 204 Å². The molecule has 1 spiro atoms. The van der Waals surface area contributed by atoms with Crippen LogP contribution in [0.4, 0.5) is 72.6 Å². The average Bonchev–Trinajstić information content (AvgIpc) is 1.66. The Morgan fingerprint density at radius 3 is 1.53 bits per heavy atom. The average molecular weight is 2070 g/mol. The van der Waals surface area contributed by atoms with Crippen molar-refractivity contribution in [3.8, 4) is 17.2 Å². The smallest absolute Gasteiger partial charge is 0.387 e. The number of piperidine rings is 1. The number of nitrogens with one attached hydrogen (secondary N) is 3. The van der Waals surface area contributed by atoms with Crippen molar-refractivity contribution in [1.29, 1.82) is 1.12 Å². The number of carboxylic acids is 5. The Morgan fingerprint density at radius 1 is 0.556 bits per heavy atom. The van der Waals surface area contributed by atoms with E-state index in [0.717, 1.165) is 124 Å². The number of piperazine rings is 2. The molecule has 4 aliphatic carbocycles. The number of thiol groups is 1. The SMILES string of the molecule is CCn1cc(C(=O)O)c(=O)c2cc(F)c(N3CCNCC3)nc21.COc1c(N2C[C@@H]3CCCN[C@@H]3C2)c(F)cc2c(=O)c(C(=O)O)cn(C3CC3)c12.C[C@H]1CN(c2c(F)cc3c(=O)c(C(=O)O)cn(C4CC4)c3c2OC(F)F)CCN1.Cl.Cl.NC1CCN(c2nc3c(cc2F)c(=O)c(C(=O)O)cn3-c2ccc(F)cc2F)C1.N[C@@H]1CN(c2c(F)cc3c(=O)c(C(=O)O)cn([C@@H]4C[C@@H]4F)c3c2Cl)CC12CC2.[3H]SO. The number of carboxylic acid groups (broad SMARTS) is 5. The summed E-state index contributed by atoms with van der Waals surface area (Å²) in [4.78, 5) is 137. The van der Waals surface area contributed by atoms with Crippen molar-refractivity contribution >= 4 is 163 Å². The number of alkyl halides is 3. The Hall–Kier alpha value is -12.5. The Balaban J connectivity index is 0.000000141. The molecule has 1 unspecified atom stereocenters. The molecule has 6 saturated heterocycles. The lowest BCUT2D eigenvalue weighted by Crippen LogP contribution is -2.49. The van der Waals surface area contributed by atoms with Gasteiger partial charge in [-0.3, -0.25) is 28.5 Å². The van der Waals surface area contributed by atoms with Gasteiger partial charge in [0.15, 0.2) is 52.1 Å². The Kier molecular flexibility index (Phi) is 31.1. The van der Waals surface area contributed by atoms with Crippen LogP contribution in [0.25, 0.3) is 60.5 Å². The number of ether oxygens (including phenoxy) is 2. The van der Waals surface area contributed by atoms with Gasteiger partial charge in [0, 0.05) is 177 Å². The van der Waals surface area contributed by atoms with Crippen LogP contribution in [0.2, 0.25) is 5.02 Å². The number of carbonyl (C=O) groups is 5. The van der Waals surface area contributed by atoms with Crippen molar-refractivity contribution in [2.24, 2.45) is 22.8 Å². The molecule has 760 valence electrons. The van der Waals surface area contributed by atoms with Gasteiger partial charge in [-0.1, -0.05) is 11.6 Å². The van der Waals surface area contributed by atoms with E-state index in [1.165, 1.54) is 34.7 Å². The van der Waals surface area contributed by atoms with Crippen LogP contribution in [0.3, 0.4) is 0 Å². The summed E-state index contributed by atoms with van der Waals surface area (Å²) in [6.45, 7) is 9.06. The van der Waals surface area contributed by atoms with E-state index >= 15 is 13.2 Å². The standard InChI is InChI=1S/C21H24FN3O4.C19H18ClF2N3O3.C19H15F3N4O3.C19H20F3N3O4.C15H17FN4O3.2ClH.H2OS/c1-29-20-17-13(19(26)14(21(27)28)9-25(17)12-4-5-12)7-15(22)18(20)24-8-11-3-2-6-23-16(11)10-24;20-14-15-8(17(26)9(18(27)28)5-25(15)12-4-10(12)21)3-11(22)16(14)24-6-13(23)19(7-24)1-2-19;20-9-1-2-15(13(21)5-9)26-8-12(19(28)29)16(27)11-6-14(22)18(24-17(11)26)25-4-3-10(23)7-25;1-9-7-24(5-4-23-9)15-13(20)6-11-14(17(15)29-19(21)22)25(10-2-3-10)8-12(16(11)26)18(27)28;1-2-19-8-10(15(22)23)12(21)9-7-11(16)14(18-13(9)19)20-5-3-17-4-6-20;;;1-2/h7,9,11-12,16,23H,2-6,8,10H2,1H3,(H,27,28);3,5,10,12-13H,1-2,4,6-7,23H2,(H,27,28);1-2,5-6,8,10H,3-4,7,23H2,(H,28,29);6,8-10,19,23H,2-5,7H2,1H3,(H,27,28);7-8,17H,2-6H2,1H3,(H,22,23);2*1H;1-2H/t11-,16+;10-,12+,13+;;9-;;;;/m00.0..../s1/i/hT. The molecule has 4 aromatic carbocycles. The predicted molar refractivity (Wildman–Crippen MR) is 516 cm³/mol. The Morgan fingerprint density at radius 2 is 1.04 bits per heavy atom. The number of aromatic carboxylic acids is 5. The van der Waals surface area contributed by atoms with Crippen LogP contribution >= 0.6 is 49.2 Å². The normalized spacial score (nSPS) is 20.3. The number of hydrogen-bond donors (Lipinski definition) is 12. The van der Waals surface area contributed by atoms with Crippen molar-refractivity contribution in [1.82, 2.24) is 48.8 Å². The van der Waals surface area contributed by atoms with Gasteiger partial charge >= 0.3 is 36.5 Å². The molecule has 21 rings (SSSR count). The molecule has 142 heavy (non-hydrogen) atoms. The number of nitrogens with zero attached hydrogens (tertiary/aromatic N) is 12. The molecular formula is C93H98Cl3F10N17O18S. The number of fused-ring (bicyclic) bond motifs is 6. The number of hydrogen-bond acceptors (Lipinski definition) is 26. The molecule has 0 bridgehead atoms. The van der Waals surface area contributed by atoms with E-state index in [-0.39, 0.29) is 168 Å². The maximum Gasteiger partial charge on any atom is 0.387 e. The first-order valence-electron chi connectivity index (χ1n) is 45.5. The lowest BCUT2D eigenvalue weighted by atomic mass is 9.94. The van der Waals surface area contributed by atoms with Crippen LogP contribution in [-0.2, 0) is 6.54 Å². The van der Waals surface area contributed by atoms with E-state index in [1.807, 2.05) is 23.6 Å². The quantitative estimate of drug-likeness (QED) is 0.0216. The summed E-state index contributed by atoms with van der Waals surface area (Å²) in [6, 6.07) is 7.19. The van der Waals surface area contributed by atoms with Gasteiger partial charge in [0.25, 0.3) is 0 Å². The molecule has 13 N–H and O–H groups in total. The zero-order valence-corrected chi connectivity index (χ0v) is 79.1. The van der Waals surface area contributed by atoms with Gasteiger partial charge in [-0.05, 0) is 139 Å². The monoisotopic (exact) mass is 2070 g/mol. The fraction of sp³-hybridized carbons (Fsp3) is 0.419.